The topological polar surface area (TPSA) is 49.8 Å². The lowest BCUT2D eigenvalue weighted by Crippen LogP contribution is -2.34. The van der Waals surface area contributed by atoms with Gasteiger partial charge in [0.25, 0.3) is 0 Å². The Hall–Kier alpha value is -0.320. The van der Waals surface area contributed by atoms with Gasteiger partial charge in [-0.2, -0.15) is 5.06 Å². The molecule has 66 valence electrons. The maximum Gasteiger partial charge on any atom is 0.325 e. The van der Waals surface area contributed by atoms with Gasteiger partial charge < -0.3 is 9.94 Å². The molecular formula is C6H12ClNO3. The summed E-state index contributed by atoms with van der Waals surface area (Å²) < 4.78 is 4.46. The van der Waals surface area contributed by atoms with E-state index >= 15 is 0 Å². The second-order valence-electron chi connectivity index (χ2n) is 2.34. The van der Waals surface area contributed by atoms with Gasteiger partial charge in [0, 0.05) is 6.54 Å². The van der Waals surface area contributed by atoms with Crippen molar-refractivity contribution in [2.24, 2.45) is 0 Å². The van der Waals surface area contributed by atoms with Gasteiger partial charge in [-0.3, -0.25) is 4.79 Å². The number of rotatable bonds is 1. The van der Waals surface area contributed by atoms with Crippen LogP contribution in [0.3, 0.4) is 0 Å². The fourth-order valence-corrected chi connectivity index (χ4v) is 1.13. The molecule has 1 aliphatic rings. The minimum atomic E-state index is -0.426. The van der Waals surface area contributed by atoms with E-state index in [1.807, 2.05) is 0 Å². The molecule has 0 spiro atoms. The minimum Gasteiger partial charge on any atom is -0.468 e. The monoisotopic (exact) mass is 181 g/mol. The first-order chi connectivity index (χ1) is 4.75. The maximum atomic E-state index is 10.8. The molecule has 0 saturated carbocycles. The zero-order valence-corrected chi connectivity index (χ0v) is 7.13. The molecule has 0 aliphatic carbocycles. The predicted molar refractivity (Wildman–Crippen MR) is 40.8 cm³/mol. The van der Waals surface area contributed by atoms with Crippen molar-refractivity contribution < 1.29 is 14.7 Å². The first kappa shape index (κ1) is 10.7. The molecule has 1 heterocycles. The Morgan fingerprint density at radius 1 is 1.73 bits per heavy atom. The number of hydrogen-bond acceptors (Lipinski definition) is 4. The van der Waals surface area contributed by atoms with Crippen LogP contribution in [0.15, 0.2) is 0 Å². The molecule has 1 atom stereocenters. The molecule has 1 N–H and O–H groups in total. The summed E-state index contributed by atoms with van der Waals surface area (Å²) >= 11 is 0. The van der Waals surface area contributed by atoms with E-state index in [9.17, 15) is 4.79 Å². The average molecular weight is 182 g/mol. The lowest BCUT2D eigenvalue weighted by Gasteiger charge is -2.13. The van der Waals surface area contributed by atoms with Gasteiger partial charge in [0.1, 0.15) is 6.04 Å². The molecule has 4 nitrogen and oxygen atoms in total. The second kappa shape index (κ2) is 4.54. The van der Waals surface area contributed by atoms with E-state index in [1.54, 1.807) is 0 Å². The van der Waals surface area contributed by atoms with Crippen LogP contribution in [-0.4, -0.2) is 35.9 Å². The Morgan fingerprint density at radius 2 is 2.36 bits per heavy atom. The number of methoxy groups -OCH3 is 1. The zero-order valence-electron chi connectivity index (χ0n) is 6.32. The highest BCUT2D eigenvalue weighted by molar-refractivity contribution is 5.85. The molecule has 0 bridgehead atoms. The number of carbonyl (C=O) groups is 1. The van der Waals surface area contributed by atoms with Crippen LogP contribution in [0.25, 0.3) is 0 Å². The number of carbonyl (C=O) groups excluding carboxylic acids is 1. The fourth-order valence-electron chi connectivity index (χ4n) is 1.13. The van der Waals surface area contributed by atoms with Crippen LogP contribution in [0, 0.1) is 0 Å². The molecule has 11 heavy (non-hydrogen) atoms. The van der Waals surface area contributed by atoms with E-state index in [4.69, 9.17) is 5.21 Å². The van der Waals surface area contributed by atoms with Gasteiger partial charge in [0.2, 0.25) is 0 Å². The third kappa shape index (κ3) is 2.32. The summed E-state index contributed by atoms with van der Waals surface area (Å²) in [4.78, 5) is 10.8. The van der Waals surface area contributed by atoms with Gasteiger partial charge in [-0.05, 0) is 12.8 Å². The van der Waals surface area contributed by atoms with Gasteiger partial charge in [-0.25, -0.2) is 0 Å². The van der Waals surface area contributed by atoms with Crippen LogP contribution >= 0.6 is 12.4 Å². The highest BCUT2D eigenvalue weighted by Gasteiger charge is 2.30. The first-order valence-electron chi connectivity index (χ1n) is 3.29. The minimum absolute atomic E-state index is 0. The van der Waals surface area contributed by atoms with Crippen molar-refractivity contribution in [3.63, 3.8) is 0 Å². The van der Waals surface area contributed by atoms with Gasteiger partial charge in [0.05, 0.1) is 7.11 Å². The molecule has 0 radical (unpaired) electrons. The van der Waals surface area contributed by atoms with E-state index in [0.29, 0.717) is 13.0 Å². The molecular weight excluding hydrogens is 170 g/mol. The standard InChI is InChI=1S/C6H11NO3.ClH/c1-10-6(8)5-3-2-4-7(5)9;/h5,9H,2-4H2,1H3;1H/t5-;/m0./s1. The van der Waals surface area contributed by atoms with Crippen molar-refractivity contribution >= 4 is 18.4 Å². The Morgan fingerprint density at radius 3 is 2.73 bits per heavy atom. The number of nitrogens with zero attached hydrogens (tertiary/aromatic N) is 1. The quantitative estimate of drug-likeness (QED) is 0.597. The van der Waals surface area contributed by atoms with Crippen LogP contribution < -0.4 is 0 Å². The normalized spacial score (nSPS) is 24.4. The summed E-state index contributed by atoms with van der Waals surface area (Å²) in [5.41, 5.74) is 0. The lowest BCUT2D eigenvalue weighted by atomic mass is 10.2. The number of halogens is 1. The van der Waals surface area contributed by atoms with E-state index < -0.39 is 6.04 Å². The molecule has 0 amide bonds. The molecule has 5 heteroatoms. The van der Waals surface area contributed by atoms with Crippen molar-refractivity contribution in [2.75, 3.05) is 13.7 Å². The van der Waals surface area contributed by atoms with Crippen LogP contribution in [0.5, 0.6) is 0 Å². The first-order valence-corrected chi connectivity index (χ1v) is 3.29. The smallest absolute Gasteiger partial charge is 0.325 e. The largest absolute Gasteiger partial charge is 0.468 e. The Kier molecular flexibility index (Phi) is 4.40. The fraction of sp³-hybridized carbons (Fsp3) is 0.833. The molecule has 0 aromatic heterocycles. The molecule has 1 rings (SSSR count). The molecule has 0 aromatic carbocycles. The van der Waals surface area contributed by atoms with Crippen molar-refractivity contribution in [1.29, 1.82) is 0 Å². The molecule has 1 saturated heterocycles. The van der Waals surface area contributed by atoms with Gasteiger partial charge in [-0.1, -0.05) is 0 Å². The van der Waals surface area contributed by atoms with E-state index in [2.05, 4.69) is 4.74 Å². The second-order valence-corrected chi connectivity index (χ2v) is 2.34. The third-order valence-corrected chi connectivity index (χ3v) is 1.70. The Bertz CT molecular complexity index is 142. The van der Waals surface area contributed by atoms with Crippen LogP contribution in [0.2, 0.25) is 0 Å². The van der Waals surface area contributed by atoms with Crippen LogP contribution in [0.1, 0.15) is 12.8 Å². The highest BCUT2D eigenvalue weighted by atomic mass is 35.5. The number of hydrogen-bond donors (Lipinski definition) is 1. The van der Waals surface area contributed by atoms with E-state index in [1.165, 1.54) is 7.11 Å². The van der Waals surface area contributed by atoms with Gasteiger partial charge in [-0.15, -0.1) is 12.4 Å². The van der Waals surface area contributed by atoms with Crippen molar-refractivity contribution in [3.05, 3.63) is 0 Å². The maximum absolute atomic E-state index is 10.8. The molecule has 1 fully saturated rings. The van der Waals surface area contributed by atoms with E-state index in [-0.39, 0.29) is 18.4 Å². The third-order valence-electron chi connectivity index (χ3n) is 1.70. The molecule has 1 aliphatic heterocycles. The highest BCUT2D eigenvalue weighted by Crippen LogP contribution is 2.14. The summed E-state index contributed by atoms with van der Waals surface area (Å²) in [5, 5.41) is 10.1. The van der Waals surface area contributed by atoms with Crippen molar-refractivity contribution in [1.82, 2.24) is 5.06 Å². The predicted octanol–water partition coefficient (Wildman–Crippen LogP) is 0.435. The Labute approximate surface area is 71.5 Å². The molecule has 0 unspecified atom stereocenters. The van der Waals surface area contributed by atoms with Crippen molar-refractivity contribution in [3.8, 4) is 0 Å². The summed E-state index contributed by atoms with van der Waals surface area (Å²) in [5.74, 6) is -0.347. The summed E-state index contributed by atoms with van der Waals surface area (Å²) in [6.45, 7) is 0.569. The summed E-state index contributed by atoms with van der Waals surface area (Å²) in [6.07, 6.45) is 1.56. The zero-order chi connectivity index (χ0) is 7.56. The van der Waals surface area contributed by atoms with Crippen LogP contribution in [-0.2, 0) is 9.53 Å². The molecule has 0 aromatic rings. The van der Waals surface area contributed by atoms with Crippen LogP contribution in [0.4, 0.5) is 0 Å². The van der Waals surface area contributed by atoms with Crippen molar-refractivity contribution in [2.45, 2.75) is 18.9 Å². The SMILES string of the molecule is COC(=O)[C@@H]1CCCN1O.Cl. The average Bonchev–Trinajstić information content (AvgIpc) is 2.34. The summed E-state index contributed by atoms with van der Waals surface area (Å²) in [7, 11) is 1.33. The lowest BCUT2D eigenvalue weighted by molar-refractivity contribution is -0.164. The van der Waals surface area contributed by atoms with Gasteiger partial charge >= 0.3 is 5.97 Å². The number of hydroxylamine groups is 2. The number of esters is 1. The Balaban J connectivity index is 0.000001000. The summed E-state index contributed by atoms with van der Waals surface area (Å²) in [6, 6.07) is -0.426. The number of ether oxygens (including phenoxy) is 1. The van der Waals surface area contributed by atoms with E-state index in [0.717, 1.165) is 11.5 Å². The van der Waals surface area contributed by atoms with Gasteiger partial charge in [0.15, 0.2) is 0 Å².